The highest BCUT2D eigenvalue weighted by Crippen LogP contribution is 2.25. The van der Waals surface area contributed by atoms with E-state index in [1.165, 1.54) is 16.9 Å². The molecule has 0 radical (unpaired) electrons. The lowest BCUT2D eigenvalue weighted by molar-refractivity contribution is -0.152. The van der Waals surface area contributed by atoms with E-state index >= 15 is 0 Å². The molecule has 0 fully saturated rings. The summed E-state index contributed by atoms with van der Waals surface area (Å²) in [5, 5.41) is 5.39. The Kier molecular flexibility index (Phi) is 8.10. The molecule has 2 aromatic carbocycles. The van der Waals surface area contributed by atoms with Crippen LogP contribution in [0.4, 0.5) is 5.69 Å². The van der Waals surface area contributed by atoms with Crippen LogP contribution in [-0.4, -0.2) is 23.0 Å². The molecule has 34 heavy (non-hydrogen) atoms. The molecule has 6 nitrogen and oxygen atoms in total. The zero-order valence-electron chi connectivity index (χ0n) is 20.6. The molecule has 1 N–H and O–H groups in total. The van der Waals surface area contributed by atoms with Gasteiger partial charge in [0, 0.05) is 11.1 Å². The predicted octanol–water partition coefficient (Wildman–Crippen LogP) is 5.75. The number of hydrogen-bond acceptors (Lipinski definition) is 6. The average molecular weight is 481 g/mol. The van der Waals surface area contributed by atoms with E-state index in [1.807, 2.05) is 56.3 Å². The van der Waals surface area contributed by atoms with Crippen molar-refractivity contribution >= 4 is 28.9 Å². The Labute approximate surface area is 205 Å². The number of carbonyl (C=O) groups excluding carboxylic acids is 2. The topological polar surface area (TPSA) is 77.5 Å². The number of thiazole rings is 1. The van der Waals surface area contributed by atoms with Gasteiger partial charge in [0.2, 0.25) is 5.91 Å². The molecule has 0 spiro atoms. The van der Waals surface area contributed by atoms with Gasteiger partial charge >= 0.3 is 5.97 Å². The van der Waals surface area contributed by atoms with Crippen LogP contribution in [0.3, 0.4) is 0 Å². The number of benzene rings is 2. The number of carbonyl (C=O) groups is 2. The number of hydrogen-bond donors (Lipinski definition) is 1. The first-order chi connectivity index (χ1) is 16.0. The first kappa shape index (κ1) is 25.4. The quantitative estimate of drug-likeness (QED) is 0.416. The second-order valence-corrected chi connectivity index (χ2v) is 10.4. The van der Waals surface area contributed by atoms with Crippen LogP contribution in [0.1, 0.15) is 55.1 Å². The summed E-state index contributed by atoms with van der Waals surface area (Å²) < 4.78 is 11.1. The van der Waals surface area contributed by atoms with E-state index in [-0.39, 0.29) is 24.3 Å². The Bertz CT molecular complexity index is 1150. The predicted molar refractivity (Wildman–Crippen MR) is 135 cm³/mol. The van der Waals surface area contributed by atoms with Gasteiger partial charge in [-0.1, -0.05) is 45.0 Å². The Hall–Kier alpha value is -3.19. The number of rotatable bonds is 8. The van der Waals surface area contributed by atoms with E-state index in [0.717, 1.165) is 16.8 Å². The standard InChI is InChI=1S/C27H32N2O4S/c1-17-7-8-18(2)23(13-17)29-24(30)14-25-28-21(16-34-25)15-32-26(31)19(3)33-22-11-9-20(10-12-22)27(4,5)6/h7-13,16,19H,14-15H2,1-6H3,(H,29,30). The first-order valence-corrected chi connectivity index (χ1v) is 12.1. The fourth-order valence-corrected chi connectivity index (χ4v) is 4.02. The number of amides is 1. The van der Waals surface area contributed by atoms with Crippen LogP contribution in [0.15, 0.2) is 47.8 Å². The van der Waals surface area contributed by atoms with Crippen LogP contribution in [0.25, 0.3) is 0 Å². The van der Waals surface area contributed by atoms with Gasteiger partial charge in [0.15, 0.2) is 6.10 Å². The van der Waals surface area contributed by atoms with Crippen molar-refractivity contribution in [1.29, 1.82) is 0 Å². The lowest BCUT2D eigenvalue weighted by atomic mass is 9.87. The second kappa shape index (κ2) is 10.8. The molecule has 1 amide bonds. The van der Waals surface area contributed by atoms with Gasteiger partial charge in [-0.3, -0.25) is 4.79 Å². The smallest absolute Gasteiger partial charge is 0.347 e. The lowest BCUT2D eigenvalue weighted by Gasteiger charge is -2.20. The van der Waals surface area contributed by atoms with E-state index in [1.54, 1.807) is 12.3 Å². The van der Waals surface area contributed by atoms with Gasteiger partial charge in [-0.05, 0) is 61.1 Å². The summed E-state index contributed by atoms with van der Waals surface area (Å²) >= 11 is 1.37. The van der Waals surface area contributed by atoms with Crippen LogP contribution in [0.2, 0.25) is 0 Å². The van der Waals surface area contributed by atoms with Crippen LogP contribution in [0.5, 0.6) is 5.75 Å². The number of aromatic nitrogens is 1. The van der Waals surface area contributed by atoms with E-state index in [0.29, 0.717) is 16.5 Å². The molecule has 7 heteroatoms. The number of ether oxygens (including phenoxy) is 2. The molecule has 3 aromatic rings. The highest BCUT2D eigenvalue weighted by Gasteiger charge is 2.19. The van der Waals surface area contributed by atoms with Crippen molar-refractivity contribution in [2.24, 2.45) is 0 Å². The molecule has 180 valence electrons. The van der Waals surface area contributed by atoms with Crippen molar-refractivity contribution in [3.05, 3.63) is 75.2 Å². The maximum atomic E-state index is 12.4. The number of nitrogens with zero attached hydrogens (tertiary/aromatic N) is 1. The Morgan fingerprint density at radius 1 is 1.09 bits per heavy atom. The van der Waals surface area contributed by atoms with E-state index in [2.05, 4.69) is 31.1 Å². The van der Waals surface area contributed by atoms with Crippen molar-refractivity contribution in [3.63, 3.8) is 0 Å². The average Bonchev–Trinajstić information content (AvgIpc) is 3.21. The second-order valence-electron chi connectivity index (χ2n) is 9.42. The Morgan fingerprint density at radius 3 is 2.47 bits per heavy atom. The number of nitrogens with one attached hydrogen (secondary N) is 1. The molecule has 3 rings (SSSR count). The van der Waals surface area contributed by atoms with Gasteiger partial charge in [-0.15, -0.1) is 11.3 Å². The molecule has 0 aliphatic rings. The monoisotopic (exact) mass is 480 g/mol. The fourth-order valence-electron chi connectivity index (χ4n) is 3.25. The molecule has 1 unspecified atom stereocenters. The summed E-state index contributed by atoms with van der Waals surface area (Å²) in [4.78, 5) is 29.2. The van der Waals surface area contributed by atoms with Crippen LogP contribution >= 0.6 is 11.3 Å². The minimum absolute atomic E-state index is 0.0323. The summed E-state index contributed by atoms with van der Waals surface area (Å²) in [6.45, 7) is 12.1. The maximum absolute atomic E-state index is 12.4. The highest BCUT2D eigenvalue weighted by molar-refractivity contribution is 7.09. The van der Waals surface area contributed by atoms with E-state index < -0.39 is 12.1 Å². The van der Waals surface area contributed by atoms with Crippen molar-refractivity contribution in [2.45, 2.75) is 66.1 Å². The minimum Gasteiger partial charge on any atom is -0.479 e. The lowest BCUT2D eigenvalue weighted by Crippen LogP contribution is -2.26. The summed E-state index contributed by atoms with van der Waals surface area (Å²) in [7, 11) is 0. The van der Waals surface area contributed by atoms with Crippen molar-refractivity contribution in [3.8, 4) is 5.75 Å². The van der Waals surface area contributed by atoms with Gasteiger partial charge in [0.05, 0.1) is 12.1 Å². The fraction of sp³-hybridized carbons (Fsp3) is 0.370. The van der Waals surface area contributed by atoms with Gasteiger partial charge < -0.3 is 14.8 Å². The molecule has 1 aromatic heterocycles. The molecule has 0 aliphatic heterocycles. The normalized spacial score (nSPS) is 12.2. The van der Waals surface area contributed by atoms with Crippen molar-refractivity contribution in [2.75, 3.05) is 5.32 Å². The van der Waals surface area contributed by atoms with Crippen LogP contribution < -0.4 is 10.1 Å². The summed E-state index contributed by atoms with van der Waals surface area (Å²) in [5.41, 5.74) is 4.74. The molecular formula is C27H32N2O4S. The molecule has 1 atom stereocenters. The zero-order chi connectivity index (χ0) is 24.9. The van der Waals surface area contributed by atoms with E-state index in [4.69, 9.17) is 9.47 Å². The number of esters is 1. The third-order valence-electron chi connectivity index (χ3n) is 5.31. The highest BCUT2D eigenvalue weighted by atomic mass is 32.1. The summed E-state index contributed by atoms with van der Waals surface area (Å²) in [6, 6.07) is 13.7. The first-order valence-electron chi connectivity index (χ1n) is 11.3. The molecule has 0 saturated heterocycles. The van der Waals surface area contributed by atoms with Crippen molar-refractivity contribution < 1.29 is 19.1 Å². The third-order valence-corrected chi connectivity index (χ3v) is 6.20. The summed E-state index contributed by atoms with van der Waals surface area (Å²) in [5.74, 6) is 0.0106. The van der Waals surface area contributed by atoms with E-state index in [9.17, 15) is 9.59 Å². The molecule has 0 bridgehead atoms. The van der Waals surface area contributed by atoms with Crippen LogP contribution in [0, 0.1) is 13.8 Å². The van der Waals surface area contributed by atoms with Gasteiger partial charge in [0.1, 0.15) is 17.4 Å². The molecular weight excluding hydrogens is 448 g/mol. The minimum atomic E-state index is -0.748. The zero-order valence-corrected chi connectivity index (χ0v) is 21.4. The third kappa shape index (κ3) is 7.15. The largest absolute Gasteiger partial charge is 0.479 e. The molecule has 0 saturated carbocycles. The summed E-state index contributed by atoms with van der Waals surface area (Å²) in [6.07, 6.45) is -0.585. The van der Waals surface area contributed by atoms with Gasteiger partial charge in [-0.25, -0.2) is 9.78 Å². The van der Waals surface area contributed by atoms with Crippen molar-refractivity contribution in [1.82, 2.24) is 4.98 Å². The SMILES string of the molecule is Cc1ccc(C)c(NC(=O)Cc2nc(COC(=O)C(C)Oc3ccc(C(C)(C)C)cc3)cs2)c1. The Morgan fingerprint density at radius 2 is 1.79 bits per heavy atom. The van der Waals surface area contributed by atoms with Crippen LogP contribution in [-0.2, 0) is 32.8 Å². The maximum Gasteiger partial charge on any atom is 0.347 e. The van der Waals surface area contributed by atoms with Gasteiger partial charge in [-0.2, -0.15) is 0 Å². The molecule has 0 aliphatic carbocycles. The Balaban J connectivity index is 1.47. The van der Waals surface area contributed by atoms with Gasteiger partial charge in [0.25, 0.3) is 0 Å². The number of aryl methyl sites for hydroxylation is 2. The number of anilines is 1. The molecule has 1 heterocycles.